The molecule has 26 heavy (non-hydrogen) atoms. The van der Waals surface area contributed by atoms with Gasteiger partial charge in [-0.25, -0.2) is 4.79 Å². The SMILES string of the molecule is COC(=O)/C(=C/OC1CCC(c2ccccc2)CC1)n1ccccc1=O. The van der Waals surface area contributed by atoms with E-state index in [9.17, 15) is 9.59 Å². The van der Waals surface area contributed by atoms with Gasteiger partial charge in [0.2, 0.25) is 0 Å². The minimum Gasteiger partial charge on any atom is -0.496 e. The predicted molar refractivity (Wildman–Crippen MR) is 99.5 cm³/mol. The number of nitrogens with zero attached hydrogens (tertiary/aromatic N) is 1. The van der Waals surface area contributed by atoms with E-state index in [0.29, 0.717) is 5.92 Å². The molecule has 1 aliphatic carbocycles. The van der Waals surface area contributed by atoms with Crippen molar-refractivity contribution in [2.24, 2.45) is 0 Å². The van der Waals surface area contributed by atoms with Crippen molar-refractivity contribution in [2.75, 3.05) is 7.11 Å². The van der Waals surface area contributed by atoms with Crippen LogP contribution in [-0.4, -0.2) is 23.8 Å². The van der Waals surface area contributed by atoms with E-state index in [1.165, 1.54) is 35.8 Å². The standard InChI is InChI=1S/C21H23NO4/c1-25-21(24)19(22-14-6-5-9-20(22)23)15-26-18-12-10-17(11-13-18)16-7-3-2-4-8-16/h2-9,14-15,17-18H,10-13H2,1H3/b19-15-. The van der Waals surface area contributed by atoms with E-state index in [4.69, 9.17) is 9.47 Å². The molecule has 0 bridgehead atoms. The molecule has 1 fully saturated rings. The molecule has 5 heteroatoms. The normalized spacial score (nSPS) is 20.4. The number of pyridine rings is 1. The van der Waals surface area contributed by atoms with Gasteiger partial charge in [0.15, 0.2) is 5.70 Å². The maximum Gasteiger partial charge on any atom is 0.358 e. The lowest BCUT2D eigenvalue weighted by Crippen LogP contribution is -2.24. The fraction of sp³-hybridized carbons (Fsp3) is 0.333. The third-order valence-corrected chi connectivity index (χ3v) is 4.79. The van der Waals surface area contributed by atoms with Crippen molar-refractivity contribution in [1.29, 1.82) is 0 Å². The maximum atomic E-state index is 12.0. The van der Waals surface area contributed by atoms with Crippen LogP contribution in [-0.2, 0) is 14.3 Å². The second-order valence-electron chi connectivity index (χ2n) is 6.42. The van der Waals surface area contributed by atoms with Gasteiger partial charge in [0.1, 0.15) is 6.26 Å². The van der Waals surface area contributed by atoms with E-state index in [0.717, 1.165) is 25.7 Å². The van der Waals surface area contributed by atoms with Crippen molar-refractivity contribution in [3.05, 3.63) is 76.9 Å². The zero-order valence-electron chi connectivity index (χ0n) is 14.8. The molecule has 3 rings (SSSR count). The third-order valence-electron chi connectivity index (χ3n) is 4.79. The van der Waals surface area contributed by atoms with Crippen LogP contribution in [0, 0.1) is 0 Å². The van der Waals surface area contributed by atoms with Crippen LogP contribution in [0.5, 0.6) is 0 Å². The first-order chi connectivity index (χ1) is 12.7. The van der Waals surface area contributed by atoms with E-state index >= 15 is 0 Å². The third kappa shape index (κ3) is 4.23. The van der Waals surface area contributed by atoms with Crippen LogP contribution in [0.3, 0.4) is 0 Å². The molecule has 0 radical (unpaired) electrons. The molecule has 0 spiro atoms. The van der Waals surface area contributed by atoms with E-state index in [2.05, 4.69) is 24.3 Å². The monoisotopic (exact) mass is 353 g/mol. The largest absolute Gasteiger partial charge is 0.496 e. The van der Waals surface area contributed by atoms with Crippen LogP contribution in [0.4, 0.5) is 0 Å². The number of hydrogen-bond acceptors (Lipinski definition) is 4. The van der Waals surface area contributed by atoms with Crippen LogP contribution in [0.15, 0.2) is 65.8 Å². The summed E-state index contributed by atoms with van der Waals surface area (Å²) in [5.41, 5.74) is 1.15. The van der Waals surface area contributed by atoms with Crippen molar-refractivity contribution in [2.45, 2.75) is 37.7 Å². The summed E-state index contributed by atoms with van der Waals surface area (Å²) in [5, 5.41) is 0. The molecule has 136 valence electrons. The highest BCUT2D eigenvalue weighted by atomic mass is 16.5. The van der Waals surface area contributed by atoms with E-state index < -0.39 is 5.97 Å². The first-order valence-corrected chi connectivity index (χ1v) is 8.86. The topological polar surface area (TPSA) is 57.5 Å². The Morgan fingerprint density at radius 1 is 1.04 bits per heavy atom. The summed E-state index contributed by atoms with van der Waals surface area (Å²) in [5.74, 6) is -0.0480. The van der Waals surface area contributed by atoms with Gasteiger partial charge in [-0.3, -0.25) is 9.36 Å². The number of hydrogen-bond donors (Lipinski definition) is 0. The lowest BCUT2D eigenvalue weighted by Gasteiger charge is -2.28. The zero-order chi connectivity index (χ0) is 18.4. The van der Waals surface area contributed by atoms with Gasteiger partial charge in [-0.05, 0) is 43.2 Å². The summed E-state index contributed by atoms with van der Waals surface area (Å²) >= 11 is 0. The summed E-state index contributed by atoms with van der Waals surface area (Å²) in [7, 11) is 1.29. The molecule has 0 atom stereocenters. The Kier molecular flexibility index (Phi) is 5.89. The van der Waals surface area contributed by atoms with Crippen molar-refractivity contribution in [3.63, 3.8) is 0 Å². The number of benzene rings is 1. The second kappa shape index (κ2) is 8.52. The first kappa shape index (κ1) is 18.0. The van der Waals surface area contributed by atoms with Crippen LogP contribution >= 0.6 is 0 Å². The molecule has 0 amide bonds. The van der Waals surface area contributed by atoms with E-state index in [1.807, 2.05) is 6.07 Å². The lowest BCUT2D eigenvalue weighted by atomic mass is 9.83. The fourth-order valence-corrected chi connectivity index (χ4v) is 3.35. The minimum absolute atomic E-state index is 0.0361. The molecule has 0 unspecified atom stereocenters. The van der Waals surface area contributed by atoms with Crippen LogP contribution in [0.2, 0.25) is 0 Å². The molecule has 1 aromatic carbocycles. The Labute approximate surface area is 152 Å². The van der Waals surface area contributed by atoms with Gasteiger partial charge in [0.25, 0.3) is 5.56 Å². The van der Waals surface area contributed by atoms with Gasteiger partial charge in [-0.15, -0.1) is 0 Å². The number of ether oxygens (including phenoxy) is 2. The average Bonchev–Trinajstić information content (AvgIpc) is 2.70. The Hall–Kier alpha value is -2.82. The predicted octanol–water partition coefficient (Wildman–Crippen LogP) is 3.56. The van der Waals surface area contributed by atoms with Crippen LogP contribution < -0.4 is 5.56 Å². The number of carbonyl (C=O) groups excluding carboxylic acids is 1. The molecule has 0 aliphatic heterocycles. The second-order valence-corrected chi connectivity index (χ2v) is 6.42. The molecule has 1 heterocycles. The van der Waals surface area contributed by atoms with E-state index in [-0.39, 0.29) is 17.4 Å². The Morgan fingerprint density at radius 2 is 1.73 bits per heavy atom. The molecule has 1 aliphatic rings. The van der Waals surface area contributed by atoms with Gasteiger partial charge in [-0.1, -0.05) is 36.4 Å². The minimum atomic E-state index is -0.601. The van der Waals surface area contributed by atoms with Gasteiger partial charge in [0, 0.05) is 12.3 Å². The van der Waals surface area contributed by atoms with Crippen molar-refractivity contribution in [3.8, 4) is 0 Å². The molecule has 1 saturated carbocycles. The highest BCUT2D eigenvalue weighted by Crippen LogP contribution is 2.34. The number of rotatable bonds is 5. The van der Waals surface area contributed by atoms with Crippen LogP contribution in [0.1, 0.15) is 37.2 Å². The number of carbonyl (C=O) groups is 1. The molecule has 1 aromatic heterocycles. The van der Waals surface area contributed by atoms with Crippen molar-refractivity contribution in [1.82, 2.24) is 4.57 Å². The summed E-state index contributed by atoms with van der Waals surface area (Å²) < 4.78 is 11.9. The first-order valence-electron chi connectivity index (χ1n) is 8.86. The smallest absolute Gasteiger partial charge is 0.358 e. The van der Waals surface area contributed by atoms with Crippen molar-refractivity contribution < 1.29 is 14.3 Å². The number of esters is 1. The molecular weight excluding hydrogens is 330 g/mol. The average molecular weight is 353 g/mol. The molecular formula is C21H23NO4. The molecule has 2 aromatic rings. The summed E-state index contributed by atoms with van der Waals surface area (Å²) in [4.78, 5) is 24.0. The van der Waals surface area contributed by atoms with Gasteiger partial charge < -0.3 is 9.47 Å². The summed E-state index contributed by atoms with van der Waals surface area (Å²) in [6.45, 7) is 0. The Bertz CT molecular complexity index is 817. The molecule has 0 N–H and O–H groups in total. The van der Waals surface area contributed by atoms with Gasteiger partial charge in [-0.2, -0.15) is 0 Å². The molecule has 5 nitrogen and oxygen atoms in total. The Balaban J connectivity index is 1.67. The summed E-state index contributed by atoms with van der Waals surface area (Å²) in [6, 6.07) is 15.2. The highest BCUT2D eigenvalue weighted by molar-refractivity contribution is 6.09. The van der Waals surface area contributed by atoms with Crippen molar-refractivity contribution >= 4 is 11.7 Å². The van der Waals surface area contributed by atoms with Gasteiger partial charge >= 0.3 is 5.97 Å². The Morgan fingerprint density at radius 3 is 2.38 bits per heavy atom. The van der Waals surface area contributed by atoms with E-state index in [1.54, 1.807) is 12.1 Å². The van der Waals surface area contributed by atoms with Gasteiger partial charge in [0.05, 0.1) is 13.2 Å². The summed E-state index contributed by atoms with van der Waals surface area (Å²) in [6.07, 6.45) is 6.83. The zero-order valence-corrected chi connectivity index (χ0v) is 14.8. The maximum absolute atomic E-state index is 12.0. The number of aromatic nitrogens is 1. The quantitative estimate of drug-likeness (QED) is 0.468. The molecule has 0 saturated heterocycles. The van der Waals surface area contributed by atoms with Crippen LogP contribution in [0.25, 0.3) is 5.70 Å². The lowest BCUT2D eigenvalue weighted by molar-refractivity contribution is -0.134. The fourth-order valence-electron chi connectivity index (χ4n) is 3.35. The highest BCUT2D eigenvalue weighted by Gasteiger charge is 2.23. The number of methoxy groups -OCH3 is 1.